The molecule has 2 aromatic heterocycles. The zero-order valence-electron chi connectivity index (χ0n) is 18.0. The smallest absolute Gasteiger partial charge is 0.237 e. The second kappa shape index (κ2) is 9.65. The van der Waals surface area contributed by atoms with E-state index < -0.39 is 0 Å². The van der Waals surface area contributed by atoms with Crippen molar-refractivity contribution in [3.05, 3.63) is 84.2 Å². The predicted octanol–water partition coefficient (Wildman–Crippen LogP) is 5.19. The summed E-state index contributed by atoms with van der Waals surface area (Å²) in [5.41, 5.74) is 2.62. The maximum atomic E-state index is 12.6. The summed E-state index contributed by atoms with van der Waals surface area (Å²) in [6, 6.07) is 22.5. The van der Waals surface area contributed by atoms with Gasteiger partial charge in [-0.3, -0.25) is 4.79 Å². The number of carbonyl (C=O) groups is 1. The first-order valence-corrected chi connectivity index (χ1v) is 11.0. The van der Waals surface area contributed by atoms with Gasteiger partial charge in [0.15, 0.2) is 5.82 Å². The molecule has 162 valence electrons. The van der Waals surface area contributed by atoms with E-state index in [1.165, 1.54) is 11.8 Å². The fourth-order valence-electron chi connectivity index (χ4n) is 3.06. The van der Waals surface area contributed by atoms with E-state index in [2.05, 4.69) is 20.6 Å². The Labute approximate surface area is 190 Å². The molecule has 1 N–H and O–H groups in total. The number of aromatic nitrogens is 4. The standard InChI is InChI=1S/C24H23N5O2S/c1-16-15-17(2)29(28-16)22-13-14-23(27-26-22)32-18(3)24(30)25-19-9-11-21(12-10-19)31-20-7-5-4-6-8-20/h4-15,18H,1-3H3,(H,25,30). The summed E-state index contributed by atoms with van der Waals surface area (Å²) in [5.74, 6) is 2.00. The molecule has 1 atom stereocenters. The number of hydrogen-bond acceptors (Lipinski definition) is 6. The third-order valence-corrected chi connectivity index (χ3v) is 5.65. The highest BCUT2D eigenvalue weighted by atomic mass is 32.2. The number of rotatable bonds is 7. The molecule has 7 nitrogen and oxygen atoms in total. The van der Waals surface area contributed by atoms with Crippen molar-refractivity contribution in [2.75, 3.05) is 5.32 Å². The summed E-state index contributed by atoms with van der Waals surface area (Å²) >= 11 is 1.35. The van der Waals surface area contributed by atoms with Crippen LogP contribution in [0, 0.1) is 13.8 Å². The Balaban J connectivity index is 1.33. The quantitative estimate of drug-likeness (QED) is 0.394. The fraction of sp³-hybridized carbons (Fsp3) is 0.167. The lowest BCUT2D eigenvalue weighted by Gasteiger charge is -2.12. The van der Waals surface area contributed by atoms with Crippen LogP contribution in [0.3, 0.4) is 0 Å². The van der Waals surface area contributed by atoms with Crippen LogP contribution in [0.1, 0.15) is 18.3 Å². The molecule has 0 saturated heterocycles. The lowest BCUT2D eigenvalue weighted by molar-refractivity contribution is -0.115. The minimum absolute atomic E-state index is 0.115. The molecule has 0 aliphatic rings. The second-order valence-corrected chi connectivity index (χ2v) is 8.62. The first-order chi connectivity index (χ1) is 15.5. The molecule has 32 heavy (non-hydrogen) atoms. The van der Waals surface area contributed by atoms with Crippen molar-refractivity contribution in [1.29, 1.82) is 0 Å². The van der Waals surface area contributed by atoms with Crippen LogP contribution >= 0.6 is 11.8 Å². The van der Waals surface area contributed by atoms with E-state index >= 15 is 0 Å². The first kappa shape index (κ1) is 21.6. The minimum Gasteiger partial charge on any atom is -0.457 e. The van der Waals surface area contributed by atoms with E-state index in [4.69, 9.17) is 4.74 Å². The molecule has 0 saturated carbocycles. The highest BCUT2D eigenvalue weighted by Crippen LogP contribution is 2.25. The SMILES string of the molecule is Cc1cc(C)n(-c2ccc(SC(C)C(=O)Nc3ccc(Oc4ccccc4)cc3)nn2)n1. The fourth-order valence-corrected chi connectivity index (χ4v) is 3.82. The average Bonchev–Trinajstić information content (AvgIpc) is 3.14. The summed E-state index contributed by atoms with van der Waals surface area (Å²) in [7, 11) is 0. The topological polar surface area (TPSA) is 81.9 Å². The van der Waals surface area contributed by atoms with E-state index in [1.54, 1.807) is 4.68 Å². The maximum absolute atomic E-state index is 12.6. The van der Waals surface area contributed by atoms with Crippen molar-refractivity contribution < 1.29 is 9.53 Å². The number of thioether (sulfide) groups is 1. The highest BCUT2D eigenvalue weighted by Gasteiger charge is 2.16. The molecule has 8 heteroatoms. The van der Waals surface area contributed by atoms with Gasteiger partial charge in [0.25, 0.3) is 0 Å². The van der Waals surface area contributed by atoms with Crippen molar-refractivity contribution in [3.8, 4) is 17.3 Å². The highest BCUT2D eigenvalue weighted by molar-refractivity contribution is 8.00. The predicted molar refractivity (Wildman–Crippen MR) is 126 cm³/mol. The molecule has 1 unspecified atom stereocenters. The normalized spacial score (nSPS) is 11.7. The summed E-state index contributed by atoms with van der Waals surface area (Å²) in [6.07, 6.45) is 0. The molecule has 0 fully saturated rings. The summed E-state index contributed by atoms with van der Waals surface area (Å²) in [5, 5.41) is 16.1. The number of amides is 1. The summed E-state index contributed by atoms with van der Waals surface area (Å²) in [4.78, 5) is 12.6. The van der Waals surface area contributed by atoms with Gasteiger partial charge in [0.05, 0.1) is 10.9 Å². The van der Waals surface area contributed by atoms with Crippen LogP contribution in [-0.2, 0) is 4.79 Å². The van der Waals surface area contributed by atoms with Gasteiger partial charge in [-0.15, -0.1) is 10.2 Å². The van der Waals surface area contributed by atoms with Crippen molar-refractivity contribution in [1.82, 2.24) is 20.0 Å². The molecule has 0 bridgehead atoms. The van der Waals surface area contributed by atoms with Crippen LogP contribution < -0.4 is 10.1 Å². The average molecular weight is 446 g/mol. The van der Waals surface area contributed by atoms with Crippen LogP contribution in [0.4, 0.5) is 5.69 Å². The van der Waals surface area contributed by atoms with Crippen LogP contribution in [0.5, 0.6) is 11.5 Å². The van der Waals surface area contributed by atoms with Crippen molar-refractivity contribution in [3.63, 3.8) is 0 Å². The monoisotopic (exact) mass is 445 g/mol. The Bertz CT molecular complexity index is 1190. The third kappa shape index (κ3) is 5.33. The van der Waals surface area contributed by atoms with E-state index in [1.807, 2.05) is 93.6 Å². The number of aryl methyl sites for hydroxylation is 2. The first-order valence-electron chi connectivity index (χ1n) is 10.2. The van der Waals surface area contributed by atoms with Gasteiger partial charge in [-0.1, -0.05) is 30.0 Å². The number of anilines is 1. The van der Waals surface area contributed by atoms with Crippen LogP contribution in [0.15, 0.2) is 77.8 Å². The van der Waals surface area contributed by atoms with Crippen molar-refractivity contribution in [2.24, 2.45) is 0 Å². The third-order valence-electron chi connectivity index (χ3n) is 4.62. The Kier molecular flexibility index (Phi) is 6.51. The Morgan fingerprint density at radius 1 is 0.969 bits per heavy atom. The molecular weight excluding hydrogens is 422 g/mol. The second-order valence-electron chi connectivity index (χ2n) is 7.26. The largest absolute Gasteiger partial charge is 0.457 e. The lowest BCUT2D eigenvalue weighted by atomic mass is 10.3. The van der Waals surface area contributed by atoms with Gasteiger partial charge >= 0.3 is 0 Å². The van der Waals surface area contributed by atoms with Crippen LogP contribution in [0.2, 0.25) is 0 Å². The molecule has 2 heterocycles. The van der Waals surface area contributed by atoms with Gasteiger partial charge in [0.2, 0.25) is 5.91 Å². The Morgan fingerprint density at radius 3 is 2.31 bits per heavy atom. The summed E-state index contributed by atoms with van der Waals surface area (Å²) < 4.78 is 7.52. The van der Waals surface area contributed by atoms with E-state index in [0.717, 1.165) is 17.1 Å². The molecule has 0 aliphatic heterocycles. The minimum atomic E-state index is -0.343. The lowest BCUT2D eigenvalue weighted by Crippen LogP contribution is -2.22. The zero-order valence-corrected chi connectivity index (χ0v) is 18.8. The molecule has 0 aliphatic carbocycles. The van der Waals surface area contributed by atoms with Gasteiger partial charge in [0.1, 0.15) is 16.5 Å². The maximum Gasteiger partial charge on any atom is 0.237 e. The van der Waals surface area contributed by atoms with Gasteiger partial charge in [-0.25, -0.2) is 4.68 Å². The summed E-state index contributed by atoms with van der Waals surface area (Å²) in [6.45, 7) is 5.74. The molecule has 0 spiro atoms. The number of nitrogens with zero attached hydrogens (tertiary/aromatic N) is 4. The van der Waals surface area contributed by atoms with Crippen molar-refractivity contribution >= 4 is 23.4 Å². The molecule has 1 amide bonds. The molecule has 4 rings (SSSR count). The van der Waals surface area contributed by atoms with Gasteiger partial charge < -0.3 is 10.1 Å². The number of nitrogens with one attached hydrogen (secondary N) is 1. The Morgan fingerprint density at radius 2 is 1.69 bits per heavy atom. The van der Waals surface area contributed by atoms with Gasteiger partial charge in [-0.2, -0.15) is 5.10 Å². The van der Waals surface area contributed by atoms with Crippen LogP contribution in [-0.4, -0.2) is 31.1 Å². The molecule has 0 radical (unpaired) electrons. The van der Waals surface area contributed by atoms with E-state index in [9.17, 15) is 4.79 Å². The molecular formula is C24H23N5O2S. The van der Waals surface area contributed by atoms with Gasteiger partial charge in [0, 0.05) is 11.4 Å². The number of benzene rings is 2. The molecule has 4 aromatic rings. The van der Waals surface area contributed by atoms with E-state index in [-0.39, 0.29) is 11.2 Å². The number of para-hydroxylation sites is 1. The number of carbonyl (C=O) groups excluding carboxylic acids is 1. The van der Waals surface area contributed by atoms with Crippen molar-refractivity contribution in [2.45, 2.75) is 31.0 Å². The zero-order chi connectivity index (χ0) is 22.5. The molecule has 2 aromatic carbocycles. The Hall–Kier alpha value is -3.65. The van der Waals surface area contributed by atoms with E-state index in [0.29, 0.717) is 22.3 Å². The van der Waals surface area contributed by atoms with Gasteiger partial charge in [-0.05, 0) is 75.4 Å². The van der Waals surface area contributed by atoms with Crippen LogP contribution in [0.25, 0.3) is 5.82 Å². The number of ether oxygens (including phenoxy) is 1. The number of hydrogen-bond donors (Lipinski definition) is 1.